The summed E-state index contributed by atoms with van der Waals surface area (Å²) >= 11 is 2.00. The first-order valence-corrected chi connectivity index (χ1v) is 9.61. The molecule has 1 heterocycles. The number of aliphatic imine (C=N–C) groups is 1. The molecule has 1 aromatic carbocycles. The Hall–Kier alpha value is -0.960. The first kappa shape index (κ1) is 22.1. The standard InChI is InChI=1S/C18H28N4OS.HI/c1-19-18(21-16-8-5-11-24-13-16)20-10-9-14-6-4-7-15(12-14)17(23)22(2)3;/h4,6-7,12,16H,5,8-11,13H2,1-3H3,(H2,19,20,21);1H. The molecule has 1 atom stereocenters. The van der Waals surface area contributed by atoms with Crippen LogP contribution < -0.4 is 10.6 Å². The van der Waals surface area contributed by atoms with Crippen molar-refractivity contribution in [2.24, 2.45) is 4.99 Å². The highest BCUT2D eigenvalue weighted by molar-refractivity contribution is 14.0. The van der Waals surface area contributed by atoms with Crippen molar-refractivity contribution in [3.63, 3.8) is 0 Å². The Balaban J connectivity index is 0.00000312. The third-order valence-electron chi connectivity index (χ3n) is 4.01. The smallest absolute Gasteiger partial charge is 0.253 e. The summed E-state index contributed by atoms with van der Waals surface area (Å²) in [6.07, 6.45) is 3.34. The third kappa shape index (κ3) is 7.43. The Morgan fingerprint density at radius 2 is 2.20 bits per heavy atom. The van der Waals surface area contributed by atoms with Crippen molar-refractivity contribution in [1.29, 1.82) is 0 Å². The van der Waals surface area contributed by atoms with Gasteiger partial charge in [0.2, 0.25) is 0 Å². The summed E-state index contributed by atoms with van der Waals surface area (Å²) in [5.74, 6) is 3.32. The van der Waals surface area contributed by atoms with Crippen LogP contribution in [0.1, 0.15) is 28.8 Å². The highest BCUT2D eigenvalue weighted by Crippen LogP contribution is 2.16. The molecular formula is C18H29IN4OS. The van der Waals surface area contributed by atoms with Crippen LogP contribution in [0.15, 0.2) is 29.3 Å². The zero-order valence-electron chi connectivity index (χ0n) is 15.2. The van der Waals surface area contributed by atoms with Gasteiger partial charge in [-0.2, -0.15) is 11.8 Å². The monoisotopic (exact) mass is 476 g/mol. The summed E-state index contributed by atoms with van der Waals surface area (Å²) in [6.45, 7) is 0.791. The fraction of sp³-hybridized carbons (Fsp3) is 0.556. The van der Waals surface area contributed by atoms with Crippen LogP contribution in [0.5, 0.6) is 0 Å². The predicted molar refractivity (Wildman–Crippen MR) is 118 cm³/mol. The summed E-state index contributed by atoms with van der Waals surface area (Å²) in [4.78, 5) is 17.9. The second-order valence-electron chi connectivity index (χ2n) is 6.21. The lowest BCUT2D eigenvalue weighted by atomic mass is 10.1. The highest BCUT2D eigenvalue weighted by atomic mass is 127. The SMILES string of the molecule is CN=C(NCCc1cccc(C(=O)N(C)C)c1)NC1CCCSC1.I. The van der Waals surface area contributed by atoms with Crippen molar-refractivity contribution < 1.29 is 4.79 Å². The summed E-state index contributed by atoms with van der Waals surface area (Å²) in [6, 6.07) is 8.34. The number of carbonyl (C=O) groups excluding carboxylic acids is 1. The molecule has 1 aromatic rings. The van der Waals surface area contributed by atoms with Crippen LogP contribution in [-0.2, 0) is 6.42 Å². The van der Waals surface area contributed by atoms with Crippen molar-refractivity contribution in [1.82, 2.24) is 15.5 Å². The molecule has 1 fully saturated rings. The lowest BCUT2D eigenvalue weighted by Gasteiger charge is -2.24. The lowest BCUT2D eigenvalue weighted by molar-refractivity contribution is 0.0827. The Labute approximate surface area is 172 Å². The van der Waals surface area contributed by atoms with Gasteiger partial charge < -0.3 is 15.5 Å². The molecule has 25 heavy (non-hydrogen) atoms. The largest absolute Gasteiger partial charge is 0.356 e. The van der Waals surface area contributed by atoms with E-state index < -0.39 is 0 Å². The van der Waals surface area contributed by atoms with Gasteiger partial charge in [-0.15, -0.1) is 24.0 Å². The summed E-state index contributed by atoms with van der Waals surface area (Å²) in [7, 11) is 5.35. The molecule has 2 rings (SSSR count). The molecule has 1 unspecified atom stereocenters. The zero-order valence-corrected chi connectivity index (χ0v) is 18.4. The molecule has 0 spiro atoms. The van der Waals surface area contributed by atoms with Crippen LogP contribution in [0.25, 0.3) is 0 Å². The normalized spacial score (nSPS) is 17.4. The first-order chi connectivity index (χ1) is 11.6. The molecule has 1 saturated heterocycles. The average molecular weight is 476 g/mol. The summed E-state index contributed by atoms with van der Waals surface area (Å²) < 4.78 is 0. The molecule has 1 amide bonds. The van der Waals surface area contributed by atoms with Gasteiger partial charge in [0, 0.05) is 45.0 Å². The molecule has 140 valence electrons. The molecule has 1 aliphatic rings. The van der Waals surface area contributed by atoms with Gasteiger partial charge in [0.15, 0.2) is 5.96 Å². The number of nitrogens with one attached hydrogen (secondary N) is 2. The molecule has 0 saturated carbocycles. The summed E-state index contributed by atoms with van der Waals surface area (Å²) in [5, 5.41) is 6.86. The third-order valence-corrected chi connectivity index (χ3v) is 5.23. The van der Waals surface area contributed by atoms with Crippen LogP contribution in [0.3, 0.4) is 0 Å². The highest BCUT2D eigenvalue weighted by Gasteiger charge is 2.14. The van der Waals surface area contributed by atoms with E-state index in [9.17, 15) is 4.79 Å². The number of amides is 1. The lowest BCUT2D eigenvalue weighted by Crippen LogP contribution is -2.46. The van der Waals surface area contributed by atoms with Gasteiger partial charge in [0.05, 0.1) is 0 Å². The number of rotatable bonds is 5. The predicted octanol–water partition coefficient (Wildman–Crippen LogP) is 2.61. The maximum Gasteiger partial charge on any atom is 0.253 e. The molecule has 5 nitrogen and oxygen atoms in total. The van der Waals surface area contributed by atoms with E-state index in [1.54, 1.807) is 19.0 Å². The number of thioether (sulfide) groups is 1. The van der Waals surface area contributed by atoms with Crippen molar-refractivity contribution in [2.75, 3.05) is 39.2 Å². The van der Waals surface area contributed by atoms with Gasteiger partial charge in [-0.3, -0.25) is 9.79 Å². The Morgan fingerprint density at radius 3 is 2.84 bits per heavy atom. The molecule has 2 N–H and O–H groups in total. The van der Waals surface area contributed by atoms with Crippen LogP contribution in [0, 0.1) is 0 Å². The fourth-order valence-electron chi connectivity index (χ4n) is 2.69. The Kier molecular flexibility index (Phi) is 10.3. The molecule has 0 radical (unpaired) electrons. The number of carbonyl (C=O) groups is 1. The van der Waals surface area contributed by atoms with E-state index in [2.05, 4.69) is 21.7 Å². The molecular weight excluding hydrogens is 447 g/mol. The topological polar surface area (TPSA) is 56.7 Å². The van der Waals surface area contributed by atoms with Gasteiger partial charge in [0.25, 0.3) is 5.91 Å². The average Bonchev–Trinajstić information content (AvgIpc) is 2.61. The van der Waals surface area contributed by atoms with Crippen LogP contribution in [-0.4, -0.2) is 62.0 Å². The van der Waals surface area contributed by atoms with Gasteiger partial charge in [0.1, 0.15) is 0 Å². The number of nitrogens with zero attached hydrogens (tertiary/aromatic N) is 2. The van der Waals surface area contributed by atoms with E-state index in [4.69, 9.17) is 0 Å². The fourth-order valence-corrected chi connectivity index (χ4v) is 3.76. The van der Waals surface area contributed by atoms with Gasteiger partial charge in [-0.1, -0.05) is 12.1 Å². The maximum absolute atomic E-state index is 12.0. The molecule has 7 heteroatoms. The van der Waals surface area contributed by atoms with Crippen molar-refractivity contribution >= 4 is 47.6 Å². The maximum atomic E-state index is 12.0. The molecule has 0 bridgehead atoms. The zero-order chi connectivity index (χ0) is 17.4. The van der Waals surface area contributed by atoms with E-state index in [1.807, 2.05) is 37.0 Å². The number of guanidine groups is 1. The van der Waals surface area contributed by atoms with Crippen LogP contribution in [0.4, 0.5) is 0 Å². The summed E-state index contributed by atoms with van der Waals surface area (Å²) in [5.41, 5.74) is 1.89. The Bertz CT molecular complexity index is 574. The number of hydrogen-bond donors (Lipinski definition) is 2. The minimum absolute atomic E-state index is 0. The molecule has 1 aliphatic heterocycles. The number of halogens is 1. The number of hydrogen-bond acceptors (Lipinski definition) is 3. The first-order valence-electron chi connectivity index (χ1n) is 8.45. The van der Waals surface area contributed by atoms with E-state index in [1.165, 1.54) is 18.6 Å². The quantitative estimate of drug-likeness (QED) is 0.390. The van der Waals surface area contributed by atoms with E-state index in [0.29, 0.717) is 6.04 Å². The van der Waals surface area contributed by atoms with Crippen molar-refractivity contribution in [3.8, 4) is 0 Å². The van der Waals surface area contributed by atoms with E-state index >= 15 is 0 Å². The van der Waals surface area contributed by atoms with Gasteiger partial charge in [-0.05, 0) is 42.7 Å². The van der Waals surface area contributed by atoms with Crippen molar-refractivity contribution in [3.05, 3.63) is 35.4 Å². The second kappa shape index (κ2) is 11.6. The van der Waals surface area contributed by atoms with Crippen LogP contribution in [0.2, 0.25) is 0 Å². The molecule has 0 aliphatic carbocycles. The minimum Gasteiger partial charge on any atom is -0.356 e. The number of benzene rings is 1. The van der Waals surface area contributed by atoms with Crippen molar-refractivity contribution in [2.45, 2.75) is 25.3 Å². The van der Waals surface area contributed by atoms with Gasteiger partial charge in [-0.25, -0.2) is 0 Å². The van der Waals surface area contributed by atoms with Gasteiger partial charge >= 0.3 is 0 Å². The Morgan fingerprint density at radius 1 is 1.40 bits per heavy atom. The minimum atomic E-state index is 0. The second-order valence-corrected chi connectivity index (χ2v) is 7.36. The molecule has 0 aromatic heterocycles. The van der Waals surface area contributed by atoms with Crippen LogP contribution >= 0.6 is 35.7 Å². The van der Waals surface area contributed by atoms with E-state index in [0.717, 1.165) is 35.8 Å². The van der Waals surface area contributed by atoms with E-state index in [-0.39, 0.29) is 29.9 Å².